The molecule has 5 atom stereocenters. The largest absolute Gasteiger partial charge is 0.508 e. The van der Waals surface area contributed by atoms with Gasteiger partial charge in [0.1, 0.15) is 5.75 Å². The number of carboxylic acid groups (broad SMARTS) is 1. The zero-order chi connectivity index (χ0) is 17.1. The number of aliphatic carboxylic acids is 1. The standard InChI is InChI=1S/C20H26O4/c1-20-9-8-13-11-4-6-17(21)15(10-19(23)24)12(11)2-3-14(13)16(20)5-7-18(20)22/h4,6,13-14,16,18,21-22H,2-3,5,7-10H2,1H3,(H,23,24)/t13-,14-,16+,18+,20+/m1/s1. The highest BCUT2D eigenvalue weighted by Crippen LogP contribution is 2.61. The van der Waals surface area contributed by atoms with E-state index in [0.29, 0.717) is 23.3 Å². The molecule has 0 aliphatic heterocycles. The molecule has 1 aromatic carbocycles. The van der Waals surface area contributed by atoms with E-state index in [1.807, 2.05) is 6.07 Å². The molecule has 3 aliphatic carbocycles. The van der Waals surface area contributed by atoms with E-state index in [9.17, 15) is 20.1 Å². The summed E-state index contributed by atoms with van der Waals surface area (Å²) in [6.07, 6.45) is 5.72. The number of carboxylic acids is 1. The number of phenolic OH excluding ortho intramolecular Hbond substituents is 1. The van der Waals surface area contributed by atoms with Gasteiger partial charge in [0.15, 0.2) is 0 Å². The van der Waals surface area contributed by atoms with Crippen molar-refractivity contribution >= 4 is 5.97 Å². The van der Waals surface area contributed by atoms with Crippen LogP contribution in [0.2, 0.25) is 0 Å². The van der Waals surface area contributed by atoms with Crippen LogP contribution in [0.4, 0.5) is 0 Å². The first-order valence-electron chi connectivity index (χ1n) is 9.15. The van der Waals surface area contributed by atoms with Gasteiger partial charge in [-0.15, -0.1) is 0 Å². The second-order valence-electron chi connectivity index (χ2n) is 8.25. The summed E-state index contributed by atoms with van der Waals surface area (Å²) in [5.74, 6) is 0.819. The molecular weight excluding hydrogens is 304 g/mol. The Labute approximate surface area is 142 Å². The molecule has 3 aliphatic rings. The second-order valence-corrected chi connectivity index (χ2v) is 8.25. The lowest BCUT2D eigenvalue weighted by Gasteiger charge is -2.50. The summed E-state index contributed by atoms with van der Waals surface area (Å²) < 4.78 is 0. The van der Waals surface area contributed by atoms with Crippen molar-refractivity contribution < 1.29 is 20.1 Å². The van der Waals surface area contributed by atoms with Crippen LogP contribution in [-0.4, -0.2) is 27.4 Å². The minimum atomic E-state index is -0.893. The van der Waals surface area contributed by atoms with Crippen LogP contribution in [0, 0.1) is 17.3 Å². The molecule has 0 spiro atoms. The Morgan fingerprint density at radius 2 is 2.04 bits per heavy atom. The molecule has 2 fully saturated rings. The van der Waals surface area contributed by atoms with Crippen LogP contribution in [0.1, 0.15) is 61.6 Å². The van der Waals surface area contributed by atoms with E-state index < -0.39 is 5.97 Å². The van der Waals surface area contributed by atoms with Gasteiger partial charge in [-0.2, -0.15) is 0 Å². The van der Waals surface area contributed by atoms with Crippen molar-refractivity contribution in [2.75, 3.05) is 0 Å². The van der Waals surface area contributed by atoms with Gasteiger partial charge < -0.3 is 15.3 Å². The van der Waals surface area contributed by atoms with Gasteiger partial charge in [-0.25, -0.2) is 0 Å². The highest BCUT2D eigenvalue weighted by molar-refractivity contribution is 5.72. The molecule has 130 valence electrons. The molecule has 4 rings (SSSR count). The average Bonchev–Trinajstić information content (AvgIpc) is 2.85. The Hall–Kier alpha value is -1.55. The molecule has 4 heteroatoms. The number of carbonyl (C=O) groups is 1. The van der Waals surface area contributed by atoms with Gasteiger partial charge in [0.25, 0.3) is 0 Å². The molecular formula is C20H26O4. The highest BCUT2D eigenvalue weighted by Gasteiger charge is 2.54. The summed E-state index contributed by atoms with van der Waals surface area (Å²) in [5.41, 5.74) is 2.99. The van der Waals surface area contributed by atoms with E-state index in [1.54, 1.807) is 6.07 Å². The van der Waals surface area contributed by atoms with Gasteiger partial charge in [-0.05, 0) is 78.9 Å². The molecule has 0 bridgehead atoms. The minimum Gasteiger partial charge on any atom is -0.508 e. The smallest absolute Gasteiger partial charge is 0.307 e. The van der Waals surface area contributed by atoms with Gasteiger partial charge in [-0.1, -0.05) is 13.0 Å². The predicted octanol–water partition coefficient (Wildman–Crippen LogP) is 3.24. The fourth-order valence-corrected chi connectivity index (χ4v) is 6.05. The van der Waals surface area contributed by atoms with Crippen LogP contribution in [0.5, 0.6) is 5.75 Å². The monoisotopic (exact) mass is 330 g/mol. The lowest BCUT2D eigenvalue weighted by molar-refractivity contribution is -0.136. The van der Waals surface area contributed by atoms with Crippen molar-refractivity contribution in [2.45, 2.75) is 63.9 Å². The molecule has 0 saturated heterocycles. The van der Waals surface area contributed by atoms with Crippen molar-refractivity contribution in [3.05, 3.63) is 28.8 Å². The quantitative estimate of drug-likeness (QED) is 0.778. The number of aliphatic hydroxyl groups excluding tert-OH is 1. The molecule has 3 N–H and O–H groups in total. The fourth-order valence-electron chi connectivity index (χ4n) is 6.05. The summed E-state index contributed by atoms with van der Waals surface area (Å²) in [6, 6.07) is 3.69. The Balaban J connectivity index is 1.72. The first kappa shape index (κ1) is 15.9. The van der Waals surface area contributed by atoms with Crippen LogP contribution >= 0.6 is 0 Å². The van der Waals surface area contributed by atoms with Gasteiger partial charge in [0.05, 0.1) is 12.5 Å². The summed E-state index contributed by atoms with van der Waals surface area (Å²) in [4.78, 5) is 11.2. The summed E-state index contributed by atoms with van der Waals surface area (Å²) >= 11 is 0. The molecule has 0 radical (unpaired) electrons. The number of aromatic hydroxyl groups is 1. The van der Waals surface area contributed by atoms with Crippen LogP contribution < -0.4 is 0 Å². The zero-order valence-electron chi connectivity index (χ0n) is 14.2. The van der Waals surface area contributed by atoms with E-state index in [4.69, 9.17) is 0 Å². The van der Waals surface area contributed by atoms with Gasteiger partial charge >= 0.3 is 5.97 Å². The van der Waals surface area contributed by atoms with Crippen molar-refractivity contribution in [1.29, 1.82) is 0 Å². The van der Waals surface area contributed by atoms with Gasteiger partial charge in [-0.3, -0.25) is 4.79 Å². The first-order chi connectivity index (χ1) is 11.4. The van der Waals surface area contributed by atoms with Crippen LogP contribution in [0.25, 0.3) is 0 Å². The van der Waals surface area contributed by atoms with Crippen molar-refractivity contribution in [3.8, 4) is 5.75 Å². The van der Waals surface area contributed by atoms with Gasteiger partial charge in [0, 0.05) is 5.56 Å². The van der Waals surface area contributed by atoms with Crippen molar-refractivity contribution in [3.63, 3.8) is 0 Å². The Bertz CT molecular complexity index is 682. The van der Waals surface area contributed by atoms with E-state index >= 15 is 0 Å². The number of aliphatic hydroxyl groups is 1. The maximum atomic E-state index is 11.2. The molecule has 1 aromatic rings. The normalized spacial score (nSPS) is 37.4. The van der Waals surface area contributed by atoms with Gasteiger partial charge in [0.2, 0.25) is 0 Å². The number of benzene rings is 1. The zero-order valence-corrected chi connectivity index (χ0v) is 14.2. The highest BCUT2D eigenvalue weighted by atomic mass is 16.4. The number of rotatable bonds is 2. The average molecular weight is 330 g/mol. The number of phenols is 1. The number of fused-ring (bicyclic) bond motifs is 5. The maximum Gasteiger partial charge on any atom is 0.307 e. The topological polar surface area (TPSA) is 77.8 Å². The minimum absolute atomic E-state index is 0.0550. The molecule has 0 unspecified atom stereocenters. The van der Waals surface area contributed by atoms with E-state index in [0.717, 1.165) is 44.1 Å². The van der Waals surface area contributed by atoms with E-state index in [-0.39, 0.29) is 23.7 Å². The molecule has 24 heavy (non-hydrogen) atoms. The van der Waals surface area contributed by atoms with Crippen LogP contribution in [0.3, 0.4) is 0 Å². The third-order valence-corrected chi connectivity index (χ3v) is 7.28. The van der Waals surface area contributed by atoms with E-state index in [2.05, 4.69) is 6.92 Å². The summed E-state index contributed by atoms with van der Waals surface area (Å²) in [5, 5.41) is 29.8. The third-order valence-electron chi connectivity index (χ3n) is 7.28. The molecule has 2 saturated carbocycles. The van der Waals surface area contributed by atoms with Crippen LogP contribution in [0.15, 0.2) is 12.1 Å². The lowest BCUT2D eigenvalue weighted by atomic mass is 9.55. The molecule has 4 nitrogen and oxygen atoms in total. The second kappa shape index (κ2) is 5.48. The third kappa shape index (κ3) is 2.19. The SMILES string of the molecule is C[C@]12CC[C@@H]3c4ccc(O)c(CC(=O)O)c4CC[C@H]3[C@@H]1CC[C@@H]2O. The molecule has 0 amide bonds. The summed E-state index contributed by atoms with van der Waals surface area (Å²) in [6.45, 7) is 2.26. The van der Waals surface area contributed by atoms with Crippen LogP contribution in [-0.2, 0) is 17.6 Å². The maximum absolute atomic E-state index is 11.2. The van der Waals surface area contributed by atoms with Crippen molar-refractivity contribution in [1.82, 2.24) is 0 Å². The lowest BCUT2D eigenvalue weighted by Crippen LogP contribution is -2.44. The predicted molar refractivity (Wildman–Crippen MR) is 90.1 cm³/mol. The molecule has 0 heterocycles. The first-order valence-corrected chi connectivity index (χ1v) is 9.15. The Morgan fingerprint density at radius 3 is 2.79 bits per heavy atom. The number of hydrogen-bond donors (Lipinski definition) is 3. The van der Waals surface area contributed by atoms with E-state index in [1.165, 1.54) is 5.56 Å². The fraction of sp³-hybridized carbons (Fsp3) is 0.650. The summed E-state index contributed by atoms with van der Waals surface area (Å²) in [7, 11) is 0. The number of hydrogen-bond acceptors (Lipinski definition) is 3. The Kier molecular flexibility index (Phi) is 3.64. The Morgan fingerprint density at radius 1 is 1.25 bits per heavy atom. The van der Waals surface area contributed by atoms with Crippen molar-refractivity contribution in [2.24, 2.45) is 17.3 Å². The molecule has 0 aromatic heterocycles.